The topological polar surface area (TPSA) is 77.0 Å². The summed E-state index contributed by atoms with van der Waals surface area (Å²) in [6.07, 6.45) is 6.76. The van der Waals surface area contributed by atoms with E-state index in [-0.39, 0.29) is 11.7 Å². The highest BCUT2D eigenvalue weighted by Crippen LogP contribution is 2.25. The van der Waals surface area contributed by atoms with E-state index in [0.29, 0.717) is 22.4 Å². The first-order chi connectivity index (χ1) is 13.5. The molecule has 0 aliphatic heterocycles. The number of nitrogens with zero attached hydrogens (tertiary/aromatic N) is 3. The second-order valence-electron chi connectivity index (χ2n) is 6.40. The summed E-state index contributed by atoms with van der Waals surface area (Å²) < 4.78 is 19.7. The number of hydrogen-bond donors (Lipinski definition) is 1. The second kappa shape index (κ2) is 9.18. The lowest BCUT2D eigenvalue weighted by Crippen LogP contribution is -2.07. The molecule has 3 rings (SSSR count). The van der Waals surface area contributed by atoms with Gasteiger partial charge in [-0.1, -0.05) is 31.3 Å². The Labute approximate surface area is 166 Å². The van der Waals surface area contributed by atoms with Crippen LogP contribution in [0.15, 0.2) is 48.8 Å². The van der Waals surface area contributed by atoms with Gasteiger partial charge >= 0.3 is 0 Å². The number of amides is 1. The Morgan fingerprint density at radius 2 is 2.18 bits per heavy atom. The van der Waals surface area contributed by atoms with Crippen LogP contribution in [-0.2, 0) is 11.2 Å². The van der Waals surface area contributed by atoms with Crippen LogP contribution in [0.25, 0.3) is 6.08 Å². The number of aromatic nitrogens is 3. The van der Waals surface area contributed by atoms with Crippen LogP contribution in [0.4, 0.5) is 9.52 Å². The predicted molar refractivity (Wildman–Crippen MR) is 107 cm³/mol. The van der Waals surface area contributed by atoms with Crippen LogP contribution < -0.4 is 10.1 Å². The molecule has 0 aliphatic rings. The van der Waals surface area contributed by atoms with E-state index in [2.05, 4.69) is 34.3 Å². The minimum absolute atomic E-state index is 0.0844. The van der Waals surface area contributed by atoms with Crippen LogP contribution in [0.3, 0.4) is 0 Å². The van der Waals surface area contributed by atoms with Gasteiger partial charge in [-0.15, -0.1) is 10.2 Å². The Hall–Kier alpha value is -3.13. The molecule has 1 N–H and O–H groups in total. The maximum Gasteiger partial charge on any atom is 0.250 e. The van der Waals surface area contributed by atoms with E-state index in [9.17, 15) is 9.18 Å². The van der Waals surface area contributed by atoms with E-state index >= 15 is 0 Å². The van der Waals surface area contributed by atoms with E-state index in [4.69, 9.17) is 4.74 Å². The summed E-state index contributed by atoms with van der Waals surface area (Å²) in [7, 11) is 0. The average Bonchev–Trinajstić information content (AvgIpc) is 3.09. The summed E-state index contributed by atoms with van der Waals surface area (Å²) >= 11 is 1.35. The van der Waals surface area contributed by atoms with Crippen molar-refractivity contribution < 1.29 is 13.9 Å². The van der Waals surface area contributed by atoms with Gasteiger partial charge in [0.15, 0.2) is 11.6 Å². The van der Waals surface area contributed by atoms with Gasteiger partial charge in [0, 0.05) is 18.7 Å². The molecular weight excluding hydrogens is 379 g/mol. The SMILES string of the molecule is CC(C)Cc1nnc(NC(=O)/C=C/c2ccc(Oc3cccnc3)c(F)c2)s1. The number of hydrogen-bond acceptors (Lipinski definition) is 6. The van der Waals surface area contributed by atoms with E-state index in [0.717, 1.165) is 11.4 Å². The lowest BCUT2D eigenvalue weighted by molar-refractivity contribution is -0.111. The lowest BCUT2D eigenvalue weighted by atomic mass is 10.1. The normalized spacial score (nSPS) is 11.1. The van der Waals surface area contributed by atoms with E-state index in [1.165, 1.54) is 41.8 Å². The molecule has 0 fully saturated rings. The molecule has 2 heterocycles. The van der Waals surface area contributed by atoms with Crippen molar-refractivity contribution in [2.24, 2.45) is 5.92 Å². The zero-order valence-corrected chi connectivity index (χ0v) is 16.2. The summed E-state index contributed by atoms with van der Waals surface area (Å²) in [5.41, 5.74) is 0.531. The first-order valence-corrected chi connectivity index (χ1v) is 9.50. The number of halogens is 1. The van der Waals surface area contributed by atoms with Crippen molar-refractivity contribution in [3.63, 3.8) is 0 Å². The third-order valence-corrected chi connectivity index (χ3v) is 4.39. The summed E-state index contributed by atoms with van der Waals surface area (Å²) in [5, 5.41) is 12.0. The Bertz CT molecular complexity index is 973. The zero-order chi connectivity index (χ0) is 19.9. The fourth-order valence-electron chi connectivity index (χ4n) is 2.29. The number of ether oxygens (including phenoxy) is 1. The number of anilines is 1. The molecule has 6 nitrogen and oxygen atoms in total. The molecule has 8 heteroatoms. The van der Waals surface area contributed by atoms with Gasteiger partial charge in [-0.3, -0.25) is 15.1 Å². The van der Waals surface area contributed by atoms with E-state index in [1.807, 2.05) is 0 Å². The third-order valence-electron chi connectivity index (χ3n) is 3.53. The maximum absolute atomic E-state index is 14.2. The number of benzene rings is 1. The van der Waals surface area contributed by atoms with Crippen LogP contribution in [0.5, 0.6) is 11.5 Å². The fraction of sp³-hybridized carbons (Fsp3) is 0.200. The zero-order valence-electron chi connectivity index (χ0n) is 15.4. The van der Waals surface area contributed by atoms with Crippen molar-refractivity contribution in [3.8, 4) is 11.5 Å². The van der Waals surface area contributed by atoms with Gasteiger partial charge in [0.2, 0.25) is 11.0 Å². The van der Waals surface area contributed by atoms with Crippen LogP contribution in [0, 0.1) is 11.7 Å². The molecule has 1 amide bonds. The van der Waals surface area contributed by atoms with Crippen molar-refractivity contribution in [1.82, 2.24) is 15.2 Å². The van der Waals surface area contributed by atoms with Crippen molar-refractivity contribution >= 4 is 28.5 Å². The van der Waals surface area contributed by atoms with Gasteiger partial charge in [0.05, 0.1) is 6.20 Å². The summed E-state index contributed by atoms with van der Waals surface area (Å²) in [6, 6.07) is 7.84. The standard InChI is InChI=1S/C20H19FN4O2S/c1-13(2)10-19-24-25-20(28-19)23-18(26)8-6-14-5-7-17(16(21)11-14)27-15-4-3-9-22-12-15/h3-9,11-13H,10H2,1-2H3,(H,23,25,26)/b8-6+. The van der Waals surface area contributed by atoms with Crippen molar-refractivity contribution in [2.75, 3.05) is 5.32 Å². The number of carbonyl (C=O) groups is 1. The monoisotopic (exact) mass is 398 g/mol. The lowest BCUT2D eigenvalue weighted by Gasteiger charge is -2.06. The van der Waals surface area contributed by atoms with Gasteiger partial charge in [0.25, 0.3) is 0 Å². The summed E-state index contributed by atoms with van der Waals surface area (Å²) in [6.45, 7) is 4.18. The molecule has 144 valence electrons. The molecule has 0 unspecified atom stereocenters. The average molecular weight is 398 g/mol. The quantitative estimate of drug-likeness (QED) is 0.583. The van der Waals surface area contributed by atoms with Crippen LogP contribution >= 0.6 is 11.3 Å². The first-order valence-electron chi connectivity index (χ1n) is 8.68. The van der Waals surface area contributed by atoms with E-state index in [1.54, 1.807) is 24.4 Å². The molecule has 0 spiro atoms. The summed E-state index contributed by atoms with van der Waals surface area (Å²) in [5.74, 6) is 0.104. The number of pyridine rings is 1. The minimum Gasteiger partial charge on any atom is -0.453 e. The second-order valence-corrected chi connectivity index (χ2v) is 7.46. The van der Waals surface area contributed by atoms with Crippen LogP contribution in [0.2, 0.25) is 0 Å². The Kier molecular flexibility index (Phi) is 6.44. The Balaban J connectivity index is 1.59. The molecule has 28 heavy (non-hydrogen) atoms. The molecular formula is C20H19FN4O2S. The molecule has 0 bridgehead atoms. The minimum atomic E-state index is -0.533. The molecule has 0 atom stereocenters. The molecule has 3 aromatic rings. The molecule has 1 aromatic carbocycles. The highest BCUT2D eigenvalue weighted by Gasteiger charge is 2.08. The third kappa shape index (κ3) is 5.68. The Morgan fingerprint density at radius 3 is 2.89 bits per heavy atom. The number of rotatable bonds is 7. The van der Waals surface area contributed by atoms with Gasteiger partial charge in [-0.05, 0) is 41.8 Å². The van der Waals surface area contributed by atoms with Gasteiger partial charge in [-0.2, -0.15) is 0 Å². The summed E-state index contributed by atoms with van der Waals surface area (Å²) in [4.78, 5) is 15.9. The molecule has 0 aliphatic carbocycles. The molecule has 0 saturated heterocycles. The van der Waals surface area contributed by atoms with Crippen LogP contribution in [0.1, 0.15) is 24.4 Å². The van der Waals surface area contributed by atoms with E-state index < -0.39 is 5.82 Å². The van der Waals surface area contributed by atoms with Gasteiger partial charge in [0.1, 0.15) is 10.8 Å². The number of carbonyl (C=O) groups excluding carboxylic acids is 1. The molecule has 0 radical (unpaired) electrons. The van der Waals surface area contributed by atoms with Crippen LogP contribution in [-0.4, -0.2) is 21.1 Å². The van der Waals surface area contributed by atoms with Gasteiger partial charge in [-0.25, -0.2) is 4.39 Å². The van der Waals surface area contributed by atoms with Gasteiger partial charge < -0.3 is 4.74 Å². The maximum atomic E-state index is 14.2. The molecule has 0 saturated carbocycles. The highest BCUT2D eigenvalue weighted by molar-refractivity contribution is 7.15. The Morgan fingerprint density at radius 1 is 1.32 bits per heavy atom. The molecule has 2 aromatic heterocycles. The first kappa shape index (κ1) is 19.6. The smallest absolute Gasteiger partial charge is 0.250 e. The van der Waals surface area contributed by atoms with Crippen molar-refractivity contribution in [2.45, 2.75) is 20.3 Å². The predicted octanol–water partition coefficient (Wildman–Crippen LogP) is 4.71. The largest absolute Gasteiger partial charge is 0.453 e. The highest BCUT2D eigenvalue weighted by atomic mass is 32.1. The number of nitrogens with one attached hydrogen (secondary N) is 1. The van der Waals surface area contributed by atoms with Crippen molar-refractivity contribution in [3.05, 3.63) is 65.2 Å². The fourth-order valence-corrected chi connectivity index (χ4v) is 3.25. The van der Waals surface area contributed by atoms with Crippen molar-refractivity contribution in [1.29, 1.82) is 0 Å².